The summed E-state index contributed by atoms with van der Waals surface area (Å²) in [5.74, 6) is 1.18. The quantitative estimate of drug-likeness (QED) is 0.800. The smallest absolute Gasteiger partial charge is 0.228 e. The Morgan fingerprint density at radius 1 is 1.31 bits per heavy atom. The second-order valence-corrected chi connectivity index (χ2v) is 6.88. The molecule has 2 amide bonds. The summed E-state index contributed by atoms with van der Waals surface area (Å²) >= 11 is 0. The largest absolute Gasteiger partial charge is 0.497 e. The van der Waals surface area contributed by atoms with Gasteiger partial charge in [-0.05, 0) is 37.1 Å². The summed E-state index contributed by atoms with van der Waals surface area (Å²) in [6.45, 7) is 0.882. The van der Waals surface area contributed by atoms with Crippen molar-refractivity contribution in [1.82, 2.24) is 4.90 Å². The highest BCUT2D eigenvalue weighted by atomic mass is 16.5. The van der Waals surface area contributed by atoms with Crippen molar-refractivity contribution < 1.29 is 18.7 Å². The van der Waals surface area contributed by atoms with Gasteiger partial charge in [0.15, 0.2) is 0 Å². The van der Waals surface area contributed by atoms with Gasteiger partial charge in [-0.25, -0.2) is 0 Å². The number of hydrogen-bond donors (Lipinski definition) is 0. The minimum absolute atomic E-state index is 0.0228. The Bertz CT molecular complexity index is 798. The van der Waals surface area contributed by atoms with Gasteiger partial charge in [-0.1, -0.05) is 6.07 Å². The van der Waals surface area contributed by atoms with Crippen LogP contribution in [0, 0.1) is 5.92 Å². The van der Waals surface area contributed by atoms with Crippen LogP contribution in [-0.2, 0) is 16.1 Å². The van der Waals surface area contributed by atoms with Gasteiger partial charge in [0.2, 0.25) is 11.8 Å². The Kier molecular flexibility index (Phi) is 4.41. The molecule has 1 aliphatic carbocycles. The van der Waals surface area contributed by atoms with Crippen LogP contribution in [0.2, 0.25) is 0 Å². The molecule has 2 heterocycles. The number of methoxy groups -OCH3 is 1. The molecule has 1 saturated heterocycles. The van der Waals surface area contributed by atoms with E-state index in [2.05, 4.69) is 0 Å². The third-order valence-corrected chi connectivity index (χ3v) is 5.02. The lowest BCUT2D eigenvalue weighted by Crippen LogP contribution is -2.38. The monoisotopic (exact) mass is 354 g/mol. The van der Waals surface area contributed by atoms with Crippen LogP contribution in [0.1, 0.15) is 25.0 Å². The fourth-order valence-electron chi connectivity index (χ4n) is 3.48. The van der Waals surface area contributed by atoms with Gasteiger partial charge >= 0.3 is 0 Å². The summed E-state index contributed by atoms with van der Waals surface area (Å²) in [6, 6.07) is 11.4. The van der Waals surface area contributed by atoms with Crippen LogP contribution in [0.4, 0.5) is 5.69 Å². The summed E-state index contributed by atoms with van der Waals surface area (Å²) in [4.78, 5) is 29.2. The van der Waals surface area contributed by atoms with Crippen LogP contribution >= 0.6 is 0 Å². The number of furan rings is 1. The van der Waals surface area contributed by atoms with E-state index < -0.39 is 0 Å². The van der Waals surface area contributed by atoms with Gasteiger partial charge < -0.3 is 19.0 Å². The normalized spacial score (nSPS) is 19.7. The molecule has 1 aliphatic heterocycles. The van der Waals surface area contributed by atoms with Crippen LogP contribution in [-0.4, -0.2) is 36.4 Å². The molecule has 6 heteroatoms. The van der Waals surface area contributed by atoms with E-state index in [1.54, 1.807) is 18.3 Å². The molecule has 0 spiro atoms. The first-order valence-electron chi connectivity index (χ1n) is 8.93. The minimum Gasteiger partial charge on any atom is -0.497 e. The summed E-state index contributed by atoms with van der Waals surface area (Å²) in [5, 5.41) is 0. The Morgan fingerprint density at radius 3 is 2.85 bits per heavy atom. The maximum Gasteiger partial charge on any atom is 0.228 e. The molecule has 26 heavy (non-hydrogen) atoms. The van der Waals surface area contributed by atoms with Crippen molar-refractivity contribution in [3.05, 3.63) is 48.4 Å². The zero-order valence-corrected chi connectivity index (χ0v) is 14.8. The Morgan fingerprint density at radius 2 is 2.15 bits per heavy atom. The standard InChI is InChI=1S/C20H22N2O4/c1-25-17-5-2-4-16(11-17)21-12-14(10-19(21)23)20(24)22(15-7-8-15)13-18-6-3-9-26-18/h2-6,9,11,14-15H,7-8,10,12-13H2,1H3/t14-/m1/s1. The number of carbonyl (C=O) groups is 2. The van der Waals surface area contributed by atoms with Crippen molar-refractivity contribution in [2.24, 2.45) is 5.92 Å². The summed E-state index contributed by atoms with van der Waals surface area (Å²) in [5.41, 5.74) is 0.772. The van der Waals surface area contributed by atoms with Gasteiger partial charge in [-0.2, -0.15) is 0 Å². The lowest BCUT2D eigenvalue weighted by molar-refractivity contribution is -0.137. The van der Waals surface area contributed by atoms with E-state index in [9.17, 15) is 9.59 Å². The second-order valence-electron chi connectivity index (χ2n) is 6.88. The van der Waals surface area contributed by atoms with Gasteiger partial charge in [0, 0.05) is 30.8 Å². The third-order valence-electron chi connectivity index (χ3n) is 5.02. The van der Waals surface area contributed by atoms with Crippen molar-refractivity contribution >= 4 is 17.5 Å². The molecule has 1 atom stereocenters. The van der Waals surface area contributed by atoms with Crippen molar-refractivity contribution in [1.29, 1.82) is 0 Å². The van der Waals surface area contributed by atoms with Gasteiger partial charge in [-0.15, -0.1) is 0 Å². The van der Waals surface area contributed by atoms with Gasteiger partial charge in [0.05, 0.1) is 25.8 Å². The number of carbonyl (C=O) groups excluding carboxylic acids is 2. The topological polar surface area (TPSA) is 63.0 Å². The predicted octanol–water partition coefficient (Wildman–Crippen LogP) is 2.83. The number of ether oxygens (including phenoxy) is 1. The molecule has 0 unspecified atom stereocenters. The number of amides is 2. The fourth-order valence-corrected chi connectivity index (χ4v) is 3.48. The van der Waals surface area contributed by atoms with Gasteiger partial charge in [0.1, 0.15) is 11.5 Å². The molecule has 0 N–H and O–H groups in total. The average Bonchev–Trinajstić information content (AvgIpc) is 3.22. The van der Waals surface area contributed by atoms with Crippen molar-refractivity contribution in [3.8, 4) is 5.75 Å². The molecule has 6 nitrogen and oxygen atoms in total. The van der Waals surface area contributed by atoms with E-state index in [0.717, 1.165) is 24.3 Å². The van der Waals surface area contributed by atoms with E-state index in [1.165, 1.54) is 0 Å². The highest BCUT2D eigenvalue weighted by Gasteiger charge is 2.41. The first-order chi connectivity index (χ1) is 12.7. The average molecular weight is 354 g/mol. The van der Waals surface area contributed by atoms with E-state index in [1.807, 2.05) is 41.3 Å². The molecule has 1 saturated carbocycles. The molecule has 2 aliphatic rings. The van der Waals surface area contributed by atoms with E-state index >= 15 is 0 Å². The van der Waals surface area contributed by atoms with Gasteiger partial charge in [0.25, 0.3) is 0 Å². The predicted molar refractivity (Wildman–Crippen MR) is 95.7 cm³/mol. The zero-order chi connectivity index (χ0) is 18.1. The Labute approximate surface area is 152 Å². The number of anilines is 1. The van der Waals surface area contributed by atoms with E-state index in [-0.39, 0.29) is 30.2 Å². The maximum absolute atomic E-state index is 13.1. The fraction of sp³-hybridized carbons (Fsp3) is 0.400. The summed E-state index contributed by atoms with van der Waals surface area (Å²) < 4.78 is 10.6. The second kappa shape index (κ2) is 6.86. The molecular weight excluding hydrogens is 332 g/mol. The van der Waals surface area contributed by atoms with E-state index in [0.29, 0.717) is 18.8 Å². The minimum atomic E-state index is -0.315. The van der Waals surface area contributed by atoms with Crippen LogP contribution in [0.25, 0.3) is 0 Å². The van der Waals surface area contributed by atoms with Crippen LogP contribution in [0.3, 0.4) is 0 Å². The maximum atomic E-state index is 13.1. The summed E-state index contributed by atoms with van der Waals surface area (Å²) in [7, 11) is 1.60. The molecule has 0 bridgehead atoms. The highest BCUT2D eigenvalue weighted by Crippen LogP contribution is 2.33. The number of hydrogen-bond acceptors (Lipinski definition) is 4. The molecule has 1 aromatic heterocycles. The first-order valence-corrected chi connectivity index (χ1v) is 8.93. The van der Waals surface area contributed by atoms with Crippen LogP contribution < -0.4 is 9.64 Å². The highest BCUT2D eigenvalue weighted by molar-refractivity contribution is 6.00. The lowest BCUT2D eigenvalue weighted by atomic mass is 10.1. The molecule has 4 rings (SSSR count). The van der Waals surface area contributed by atoms with Crippen molar-refractivity contribution in [2.45, 2.75) is 31.8 Å². The van der Waals surface area contributed by atoms with E-state index in [4.69, 9.17) is 9.15 Å². The zero-order valence-electron chi connectivity index (χ0n) is 14.8. The Balaban J connectivity index is 1.49. The third kappa shape index (κ3) is 3.31. The molecular formula is C20H22N2O4. The molecule has 0 radical (unpaired) electrons. The lowest BCUT2D eigenvalue weighted by Gasteiger charge is -2.24. The van der Waals surface area contributed by atoms with Gasteiger partial charge in [-0.3, -0.25) is 9.59 Å². The molecule has 136 valence electrons. The van der Waals surface area contributed by atoms with Crippen molar-refractivity contribution in [3.63, 3.8) is 0 Å². The summed E-state index contributed by atoms with van der Waals surface area (Å²) in [6.07, 6.45) is 3.91. The first kappa shape index (κ1) is 16.7. The SMILES string of the molecule is COc1cccc(N2C[C@H](C(=O)N(Cc3ccco3)C3CC3)CC2=O)c1. The number of benzene rings is 1. The Hall–Kier alpha value is -2.76. The number of rotatable bonds is 6. The molecule has 2 aromatic rings. The molecule has 1 aromatic carbocycles. The number of nitrogens with zero attached hydrogens (tertiary/aromatic N) is 2. The van der Waals surface area contributed by atoms with Crippen LogP contribution in [0.5, 0.6) is 5.75 Å². The van der Waals surface area contributed by atoms with Crippen molar-refractivity contribution in [2.75, 3.05) is 18.6 Å². The molecule has 2 fully saturated rings. The van der Waals surface area contributed by atoms with Crippen LogP contribution in [0.15, 0.2) is 47.1 Å².